The monoisotopic (exact) mass is 540 g/mol. The van der Waals surface area contributed by atoms with Gasteiger partial charge in [0, 0.05) is 24.3 Å². The van der Waals surface area contributed by atoms with E-state index in [-0.39, 0.29) is 47.8 Å². The number of carbonyl (C=O) groups is 2. The summed E-state index contributed by atoms with van der Waals surface area (Å²) in [6, 6.07) is 16.9. The molecule has 1 aromatic heterocycles. The van der Waals surface area contributed by atoms with Gasteiger partial charge in [-0.25, -0.2) is 8.42 Å². The summed E-state index contributed by atoms with van der Waals surface area (Å²) < 4.78 is 28.4. The average molecular weight is 541 g/mol. The molecule has 0 aliphatic carbocycles. The van der Waals surface area contributed by atoms with Crippen LogP contribution in [0.15, 0.2) is 59.5 Å². The number of fused-ring (bicyclic) bond motifs is 1. The summed E-state index contributed by atoms with van der Waals surface area (Å²) in [7, 11) is -3.84. The Kier molecular flexibility index (Phi) is 9.80. The van der Waals surface area contributed by atoms with E-state index in [1.54, 1.807) is 19.1 Å². The predicted molar refractivity (Wildman–Crippen MR) is 146 cm³/mol. The van der Waals surface area contributed by atoms with Gasteiger partial charge in [-0.3, -0.25) is 9.59 Å². The summed E-state index contributed by atoms with van der Waals surface area (Å²) in [6.45, 7) is 6.36. The molecule has 0 radical (unpaired) electrons. The molecule has 37 heavy (non-hydrogen) atoms. The van der Waals surface area contributed by atoms with Crippen LogP contribution in [0.2, 0.25) is 0 Å². The van der Waals surface area contributed by atoms with Crippen molar-refractivity contribution in [1.29, 1.82) is 5.26 Å². The zero-order valence-corrected chi connectivity index (χ0v) is 22.9. The van der Waals surface area contributed by atoms with Crippen molar-refractivity contribution >= 4 is 43.3 Å². The van der Waals surface area contributed by atoms with Gasteiger partial charge < -0.3 is 10.6 Å². The lowest BCUT2D eigenvalue weighted by atomic mass is 10.0. The molecule has 10 heteroatoms. The van der Waals surface area contributed by atoms with Crippen molar-refractivity contribution in [2.24, 2.45) is 5.92 Å². The van der Waals surface area contributed by atoms with E-state index in [2.05, 4.69) is 10.6 Å². The lowest BCUT2D eigenvalue weighted by molar-refractivity contribution is -0.123. The lowest BCUT2D eigenvalue weighted by Crippen LogP contribution is -2.47. The molecule has 0 saturated heterocycles. The Bertz CT molecular complexity index is 1360. The van der Waals surface area contributed by atoms with E-state index in [0.29, 0.717) is 17.7 Å². The molecular formula is C27H32N4O4S2. The first kappa shape index (κ1) is 28.3. The Labute approximate surface area is 222 Å². The molecule has 2 N–H and O–H groups in total. The normalized spacial score (nSPS) is 12.4. The number of hydrogen-bond donors (Lipinski definition) is 2. The molecule has 8 nitrogen and oxygen atoms in total. The minimum atomic E-state index is -3.84. The van der Waals surface area contributed by atoms with Gasteiger partial charge in [-0.2, -0.15) is 9.57 Å². The van der Waals surface area contributed by atoms with E-state index >= 15 is 0 Å². The highest BCUT2D eigenvalue weighted by atomic mass is 32.2. The standard InChI is InChI=1S/C27H32N4O4S2/c1-4-31(37(34,35)25-13-8-6-11-21(25)18-28)15-9-14-29-26(32)22(16-19(2)3)30-27(33)24-17-20-10-5-7-12-23(20)36-24/h5-8,10-13,17,19,22H,4,9,14-16H2,1-3H3,(H,29,32)(H,30,33)/t22-/m0/s1. The molecule has 0 saturated carbocycles. The van der Waals surface area contributed by atoms with Crippen LogP contribution in [0.5, 0.6) is 0 Å². The first-order valence-corrected chi connectivity index (χ1v) is 14.5. The van der Waals surface area contributed by atoms with Crippen LogP contribution in [0.4, 0.5) is 0 Å². The highest BCUT2D eigenvalue weighted by molar-refractivity contribution is 7.89. The topological polar surface area (TPSA) is 119 Å². The second-order valence-corrected chi connectivity index (χ2v) is 12.0. The van der Waals surface area contributed by atoms with Crippen LogP contribution in [-0.4, -0.2) is 50.2 Å². The van der Waals surface area contributed by atoms with Gasteiger partial charge in [-0.1, -0.05) is 51.1 Å². The van der Waals surface area contributed by atoms with Crippen LogP contribution < -0.4 is 10.6 Å². The highest BCUT2D eigenvalue weighted by Crippen LogP contribution is 2.25. The molecule has 0 spiro atoms. The number of amides is 2. The number of carbonyl (C=O) groups excluding carboxylic acids is 2. The first-order chi connectivity index (χ1) is 17.7. The van der Waals surface area contributed by atoms with Crippen LogP contribution in [0, 0.1) is 17.2 Å². The van der Waals surface area contributed by atoms with Gasteiger partial charge in [-0.15, -0.1) is 11.3 Å². The first-order valence-electron chi connectivity index (χ1n) is 12.2. The third kappa shape index (κ3) is 7.16. The molecule has 2 aromatic carbocycles. The van der Waals surface area contributed by atoms with E-state index in [0.717, 1.165) is 10.1 Å². The lowest BCUT2D eigenvalue weighted by Gasteiger charge is -2.22. The third-order valence-corrected chi connectivity index (χ3v) is 8.99. The van der Waals surface area contributed by atoms with Crippen LogP contribution in [0.25, 0.3) is 10.1 Å². The van der Waals surface area contributed by atoms with E-state index in [9.17, 15) is 23.3 Å². The molecule has 2 amide bonds. The summed E-state index contributed by atoms with van der Waals surface area (Å²) in [6.07, 6.45) is 0.856. The largest absolute Gasteiger partial charge is 0.354 e. The fraction of sp³-hybridized carbons (Fsp3) is 0.370. The van der Waals surface area contributed by atoms with Crippen molar-refractivity contribution in [3.63, 3.8) is 0 Å². The Balaban J connectivity index is 1.59. The number of nitrogens with zero attached hydrogens (tertiary/aromatic N) is 2. The number of rotatable bonds is 12. The average Bonchev–Trinajstić information content (AvgIpc) is 3.32. The third-order valence-electron chi connectivity index (χ3n) is 5.84. The minimum absolute atomic E-state index is 0.0238. The van der Waals surface area contributed by atoms with Gasteiger partial charge >= 0.3 is 0 Å². The van der Waals surface area contributed by atoms with Gasteiger partial charge in [0.25, 0.3) is 5.91 Å². The maximum Gasteiger partial charge on any atom is 0.262 e. The van der Waals surface area contributed by atoms with Crippen LogP contribution in [0.1, 0.15) is 48.8 Å². The molecular weight excluding hydrogens is 508 g/mol. The molecule has 0 aliphatic heterocycles. The molecule has 0 fully saturated rings. The zero-order valence-electron chi connectivity index (χ0n) is 21.2. The Morgan fingerprint density at radius 2 is 1.81 bits per heavy atom. The summed E-state index contributed by atoms with van der Waals surface area (Å²) in [5.74, 6) is -0.412. The maximum atomic E-state index is 13.1. The van der Waals surface area contributed by atoms with Crippen LogP contribution in [0.3, 0.4) is 0 Å². The van der Waals surface area contributed by atoms with Crippen molar-refractivity contribution in [2.75, 3.05) is 19.6 Å². The van der Waals surface area contributed by atoms with E-state index in [1.165, 1.54) is 27.8 Å². The number of nitriles is 1. The number of benzene rings is 2. The summed E-state index contributed by atoms with van der Waals surface area (Å²) in [5, 5.41) is 16.0. The maximum absolute atomic E-state index is 13.1. The Morgan fingerprint density at radius 1 is 1.11 bits per heavy atom. The second-order valence-electron chi connectivity index (χ2n) is 9.05. The molecule has 0 aliphatic rings. The smallest absolute Gasteiger partial charge is 0.262 e. The van der Waals surface area contributed by atoms with E-state index in [4.69, 9.17) is 0 Å². The SMILES string of the molecule is CCN(CCCNC(=O)[C@H](CC(C)C)NC(=O)c1cc2ccccc2s1)S(=O)(=O)c1ccccc1C#N. The molecule has 3 rings (SSSR count). The highest BCUT2D eigenvalue weighted by Gasteiger charge is 2.26. The molecule has 1 atom stereocenters. The molecule has 3 aromatic rings. The quantitative estimate of drug-likeness (QED) is 0.335. The zero-order chi connectivity index (χ0) is 27.0. The summed E-state index contributed by atoms with van der Waals surface area (Å²) in [5.41, 5.74) is 0.0974. The van der Waals surface area contributed by atoms with Gasteiger partial charge in [0.1, 0.15) is 12.1 Å². The van der Waals surface area contributed by atoms with E-state index in [1.807, 2.05) is 50.2 Å². The van der Waals surface area contributed by atoms with Gasteiger partial charge in [0.15, 0.2) is 0 Å². The van der Waals surface area contributed by atoms with Crippen molar-refractivity contribution in [2.45, 2.75) is 44.6 Å². The summed E-state index contributed by atoms with van der Waals surface area (Å²) >= 11 is 1.38. The van der Waals surface area contributed by atoms with Gasteiger partial charge in [0.05, 0.1) is 15.3 Å². The summed E-state index contributed by atoms with van der Waals surface area (Å²) in [4.78, 5) is 26.4. The van der Waals surface area contributed by atoms with Crippen molar-refractivity contribution in [3.05, 3.63) is 65.0 Å². The molecule has 1 heterocycles. The fourth-order valence-electron chi connectivity index (χ4n) is 3.99. The molecule has 0 unspecified atom stereocenters. The number of hydrogen-bond acceptors (Lipinski definition) is 6. The second kappa shape index (κ2) is 12.8. The molecule has 0 bridgehead atoms. The van der Waals surface area contributed by atoms with Crippen molar-refractivity contribution in [3.8, 4) is 6.07 Å². The minimum Gasteiger partial charge on any atom is -0.354 e. The van der Waals surface area contributed by atoms with Crippen molar-refractivity contribution in [1.82, 2.24) is 14.9 Å². The van der Waals surface area contributed by atoms with E-state index < -0.39 is 16.1 Å². The fourth-order valence-corrected chi connectivity index (χ4v) is 6.58. The molecule has 196 valence electrons. The van der Waals surface area contributed by atoms with Gasteiger partial charge in [0.2, 0.25) is 15.9 Å². The number of nitrogens with one attached hydrogen (secondary N) is 2. The number of thiophene rings is 1. The van der Waals surface area contributed by atoms with Crippen molar-refractivity contribution < 1.29 is 18.0 Å². The number of sulfonamides is 1. The van der Waals surface area contributed by atoms with Crippen LogP contribution >= 0.6 is 11.3 Å². The Morgan fingerprint density at radius 3 is 2.49 bits per heavy atom. The van der Waals surface area contributed by atoms with Gasteiger partial charge in [-0.05, 0) is 48.4 Å². The Hall–Kier alpha value is -3.26. The van der Waals surface area contributed by atoms with Crippen LogP contribution in [-0.2, 0) is 14.8 Å². The predicted octanol–water partition coefficient (Wildman–Crippen LogP) is 4.13.